The number of aromatic nitrogens is 1. The number of carbonyl (C=O) groups is 1. The number of thiazole rings is 1. The number of hydrogen-bond donors (Lipinski definition) is 2. The van der Waals surface area contributed by atoms with Gasteiger partial charge in [-0.05, 0) is 49.7 Å². The number of carbonyl (C=O) groups excluding carboxylic acids is 1. The minimum Gasteiger partial charge on any atom is -0.331 e. The highest BCUT2D eigenvalue weighted by molar-refractivity contribution is 7.17. The Morgan fingerprint density at radius 2 is 1.96 bits per heavy atom. The molecular weight excluding hydrogens is 361 g/mol. The van der Waals surface area contributed by atoms with Crippen molar-refractivity contribution in [3.05, 3.63) is 69.4 Å². The van der Waals surface area contributed by atoms with Crippen molar-refractivity contribution in [3.8, 4) is 0 Å². The smallest absolute Gasteiger partial charge is 0.267 e. The van der Waals surface area contributed by atoms with Crippen LogP contribution in [0.4, 0.5) is 20.9 Å². The monoisotopic (exact) mass is 375 g/mol. The Bertz CT molecular complexity index is 942. The predicted octanol–water partition coefficient (Wildman–Crippen LogP) is 5.55. The van der Waals surface area contributed by atoms with Crippen molar-refractivity contribution in [1.82, 2.24) is 4.98 Å². The Morgan fingerprint density at radius 3 is 2.72 bits per heavy atom. The quantitative estimate of drug-likeness (QED) is 0.628. The topological polar surface area (TPSA) is 54.0 Å². The molecule has 3 aromatic rings. The maximum atomic E-state index is 13.3. The SMILES string of the molecule is Cc1nc(Nc2cccc(F)c2)sc1C(=O)Nc1cccc(Cl)c1C. The molecule has 0 atom stereocenters. The first kappa shape index (κ1) is 17.4. The molecule has 0 aliphatic heterocycles. The summed E-state index contributed by atoms with van der Waals surface area (Å²) in [5.74, 6) is -0.597. The number of rotatable bonds is 4. The van der Waals surface area contributed by atoms with E-state index in [4.69, 9.17) is 11.6 Å². The summed E-state index contributed by atoms with van der Waals surface area (Å²) >= 11 is 7.29. The fourth-order valence-corrected chi connectivity index (χ4v) is 3.33. The second-order valence-electron chi connectivity index (χ2n) is 5.44. The molecule has 0 aliphatic rings. The standard InChI is InChI=1S/C18H15ClFN3OS/c1-10-14(19)7-4-8-15(10)23-17(24)16-11(2)21-18(25-16)22-13-6-3-5-12(20)9-13/h3-9H,1-2H3,(H,21,22)(H,23,24). The summed E-state index contributed by atoms with van der Waals surface area (Å²) in [6, 6.07) is 11.4. The zero-order valence-corrected chi connectivity index (χ0v) is 15.1. The maximum absolute atomic E-state index is 13.3. The normalized spacial score (nSPS) is 10.6. The average Bonchev–Trinajstić information content (AvgIpc) is 2.92. The third-order valence-corrected chi connectivity index (χ3v) is 5.08. The fraction of sp³-hybridized carbons (Fsp3) is 0.111. The lowest BCUT2D eigenvalue weighted by Crippen LogP contribution is -2.12. The van der Waals surface area contributed by atoms with E-state index in [0.717, 1.165) is 5.56 Å². The van der Waals surface area contributed by atoms with Crippen LogP contribution in [0.3, 0.4) is 0 Å². The summed E-state index contributed by atoms with van der Waals surface area (Å²) in [4.78, 5) is 17.4. The van der Waals surface area contributed by atoms with Crippen LogP contribution in [0.15, 0.2) is 42.5 Å². The number of halogens is 2. The van der Waals surface area contributed by atoms with Crippen molar-refractivity contribution in [2.45, 2.75) is 13.8 Å². The molecule has 128 valence electrons. The van der Waals surface area contributed by atoms with Crippen LogP contribution in [0.1, 0.15) is 20.9 Å². The van der Waals surface area contributed by atoms with Gasteiger partial charge in [0.25, 0.3) is 5.91 Å². The Hall–Kier alpha value is -2.44. The van der Waals surface area contributed by atoms with Crippen LogP contribution in [-0.2, 0) is 0 Å². The molecule has 0 fully saturated rings. The van der Waals surface area contributed by atoms with E-state index in [9.17, 15) is 9.18 Å². The molecule has 0 bridgehead atoms. The number of benzene rings is 2. The lowest BCUT2D eigenvalue weighted by molar-refractivity contribution is 0.102. The highest BCUT2D eigenvalue weighted by atomic mass is 35.5. The molecule has 4 nitrogen and oxygen atoms in total. The minimum atomic E-state index is -0.340. The Kier molecular flexibility index (Phi) is 5.01. The van der Waals surface area contributed by atoms with Gasteiger partial charge in [-0.3, -0.25) is 4.79 Å². The van der Waals surface area contributed by atoms with Gasteiger partial charge >= 0.3 is 0 Å². The van der Waals surface area contributed by atoms with Gasteiger partial charge in [0.2, 0.25) is 0 Å². The number of aryl methyl sites for hydroxylation is 1. The summed E-state index contributed by atoms with van der Waals surface area (Å²) in [7, 11) is 0. The van der Waals surface area contributed by atoms with Crippen molar-refractivity contribution < 1.29 is 9.18 Å². The van der Waals surface area contributed by atoms with Gasteiger partial charge in [0.15, 0.2) is 5.13 Å². The molecule has 1 heterocycles. The Labute approximate surface area is 153 Å². The lowest BCUT2D eigenvalue weighted by Gasteiger charge is -2.08. The first-order chi connectivity index (χ1) is 11.9. The van der Waals surface area contributed by atoms with E-state index in [2.05, 4.69) is 15.6 Å². The fourth-order valence-electron chi connectivity index (χ4n) is 2.27. The molecule has 0 spiro atoms. The predicted molar refractivity (Wildman–Crippen MR) is 101 cm³/mol. The van der Waals surface area contributed by atoms with Crippen LogP contribution in [0, 0.1) is 19.7 Å². The summed E-state index contributed by atoms with van der Waals surface area (Å²) in [6.07, 6.45) is 0. The van der Waals surface area contributed by atoms with E-state index in [1.54, 1.807) is 37.3 Å². The number of nitrogens with one attached hydrogen (secondary N) is 2. The highest BCUT2D eigenvalue weighted by Crippen LogP contribution is 2.28. The van der Waals surface area contributed by atoms with Gasteiger partial charge in [0.1, 0.15) is 10.7 Å². The lowest BCUT2D eigenvalue weighted by atomic mass is 10.2. The van der Waals surface area contributed by atoms with Crippen molar-refractivity contribution in [1.29, 1.82) is 0 Å². The maximum Gasteiger partial charge on any atom is 0.267 e. The molecule has 0 radical (unpaired) electrons. The summed E-state index contributed by atoms with van der Waals surface area (Å²) in [5.41, 5.74) is 2.63. The second-order valence-corrected chi connectivity index (χ2v) is 6.84. The van der Waals surface area contributed by atoms with Gasteiger partial charge in [-0.2, -0.15) is 0 Å². The van der Waals surface area contributed by atoms with Crippen molar-refractivity contribution in [2.75, 3.05) is 10.6 Å². The average molecular weight is 376 g/mol. The van der Waals surface area contributed by atoms with Gasteiger partial charge in [-0.1, -0.05) is 35.1 Å². The third kappa shape index (κ3) is 3.97. The van der Waals surface area contributed by atoms with Crippen LogP contribution in [0.25, 0.3) is 0 Å². The first-order valence-corrected chi connectivity index (χ1v) is 8.70. The summed E-state index contributed by atoms with van der Waals surface area (Å²) < 4.78 is 13.3. The molecule has 0 saturated heterocycles. The molecular formula is C18H15ClFN3OS. The largest absolute Gasteiger partial charge is 0.331 e. The molecule has 1 amide bonds. The summed E-state index contributed by atoms with van der Waals surface area (Å²) in [5, 5.41) is 6.98. The third-order valence-electron chi connectivity index (χ3n) is 3.59. The highest BCUT2D eigenvalue weighted by Gasteiger charge is 2.17. The second kappa shape index (κ2) is 7.21. The molecule has 3 rings (SSSR count). The molecule has 2 N–H and O–H groups in total. The van der Waals surface area contributed by atoms with E-state index in [1.165, 1.54) is 23.5 Å². The number of anilines is 3. The number of hydrogen-bond acceptors (Lipinski definition) is 4. The van der Waals surface area contributed by atoms with Crippen LogP contribution >= 0.6 is 22.9 Å². The molecule has 0 saturated carbocycles. The zero-order valence-electron chi connectivity index (χ0n) is 13.6. The van der Waals surface area contributed by atoms with Crippen LogP contribution in [0.5, 0.6) is 0 Å². The van der Waals surface area contributed by atoms with Crippen molar-refractivity contribution in [3.63, 3.8) is 0 Å². The molecule has 0 aliphatic carbocycles. The molecule has 0 unspecified atom stereocenters. The van der Waals surface area contributed by atoms with Crippen LogP contribution < -0.4 is 10.6 Å². The Morgan fingerprint density at radius 1 is 1.20 bits per heavy atom. The number of amides is 1. The molecule has 7 heteroatoms. The van der Waals surface area contributed by atoms with Crippen LogP contribution in [0.2, 0.25) is 5.02 Å². The van der Waals surface area contributed by atoms with Crippen molar-refractivity contribution in [2.24, 2.45) is 0 Å². The van der Waals surface area contributed by atoms with Gasteiger partial charge in [-0.25, -0.2) is 9.37 Å². The van der Waals surface area contributed by atoms with Gasteiger partial charge in [-0.15, -0.1) is 0 Å². The molecule has 2 aromatic carbocycles. The van der Waals surface area contributed by atoms with E-state index in [1.807, 2.05) is 6.92 Å². The van der Waals surface area contributed by atoms with E-state index >= 15 is 0 Å². The van der Waals surface area contributed by atoms with E-state index in [0.29, 0.717) is 32.1 Å². The van der Waals surface area contributed by atoms with Crippen LogP contribution in [-0.4, -0.2) is 10.9 Å². The van der Waals surface area contributed by atoms with E-state index < -0.39 is 0 Å². The van der Waals surface area contributed by atoms with Gasteiger partial charge in [0.05, 0.1) is 5.69 Å². The molecule has 1 aromatic heterocycles. The van der Waals surface area contributed by atoms with E-state index in [-0.39, 0.29) is 11.7 Å². The first-order valence-electron chi connectivity index (χ1n) is 7.50. The summed E-state index contributed by atoms with van der Waals surface area (Å²) in [6.45, 7) is 3.60. The minimum absolute atomic E-state index is 0.257. The van der Waals surface area contributed by atoms with Gasteiger partial charge < -0.3 is 10.6 Å². The zero-order chi connectivity index (χ0) is 18.0. The Balaban J connectivity index is 1.80. The molecule has 25 heavy (non-hydrogen) atoms. The van der Waals surface area contributed by atoms with Gasteiger partial charge in [0, 0.05) is 16.4 Å². The van der Waals surface area contributed by atoms with Crippen molar-refractivity contribution >= 4 is 45.4 Å². The number of nitrogens with zero attached hydrogens (tertiary/aromatic N) is 1.